The summed E-state index contributed by atoms with van der Waals surface area (Å²) in [6, 6.07) is 4.04. The second-order valence-corrected chi connectivity index (χ2v) is 7.49. The Kier molecular flexibility index (Phi) is 3.28. The second kappa shape index (κ2) is 4.73. The van der Waals surface area contributed by atoms with E-state index in [9.17, 15) is 4.79 Å². The lowest BCUT2D eigenvalue weighted by Crippen LogP contribution is -2.37. The number of hydrogen-bond donors (Lipinski definition) is 0. The van der Waals surface area contributed by atoms with Gasteiger partial charge in [-0.1, -0.05) is 32.4 Å². The number of likely N-dealkylation sites (tertiary alicyclic amines) is 1. The van der Waals surface area contributed by atoms with Gasteiger partial charge in [-0.25, -0.2) is 4.98 Å². The van der Waals surface area contributed by atoms with Crippen LogP contribution in [0.5, 0.6) is 0 Å². The number of hydrogen-bond acceptors (Lipinski definition) is 2. The van der Waals surface area contributed by atoms with Crippen molar-refractivity contribution in [1.29, 1.82) is 0 Å². The average molecular weight is 293 g/mol. The molecule has 1 aliphatic heterocycles. The highest BCUT2D eigenvalue weighted by molar-refractivity contribution is 6.29. The van der Waals surface area contributed by atoms with Crippen LogP contribution in [0.2, 0.25) is 5.15 Å². The van der Waals surface area contributed by atoms with E-state index in [0.29, 0.717) is 22.7 Å². The molecular formula is C16H21ClN2O. The van der Waals surface area contributed by atoms with Crippen molar-refractivity contribution in [2.45, 2.75) is 51.5 Å². The van der Waals surface area contributed by atoms with Crippen LogP contribution in [0.4, 0.5) is 0 Å². The van der Waals surface area contributed by atoms with Crippen molar-refractivity contribution in [3.63, 3.8) is 0 Å². The number of carbonyl (C=O) groups excluding carboxylic acids is 1. The van der Waals surface area contributed by atoms with Crippen LogP contribution in [0.15, 0.2) is 12.1 Å². The molecule has 4 heteroatoms. The van der Waals surface area contributed by atoms with E-state index in [1.54, 1.807) is 6.07 Å². The van der Waals surface area contributed by atoms with E-state index in [0.717, 1.165) is 18.7 Å². The number of fused-ring (bicyclic) bond motifs is 2. The predicted molar refractivity (Wildman–Crippen MR) is 80.1 cm³/mol. The first-order chi connectivity index (χ1) is 9.34. The van der Waals surface area contributed by atoms with E-state index in [2.05, 4.69) is 25.8 Å². The fourth-order valence-corrected chi connectivity index (χ4v) is 3.55. The topological polar surface area (TPSA) is 33.2 Å². The molecule has 108 valence electrons. The SMILES string of the molecule is CC(C)(C)c1cc(C(=O)N2CC3CCC2C3)cc(Cl)n1. The summed E-state index contributed by atoms with van der Waals surface area (Å²) in [6.45, 7) is 7.15. The second-order valence-electron chi connectivity index (χ2n) is 7.10. The first kappa shape index (κ1) is 13.9. The van der Waals surface area contributed by atoms with Gasteiger partial charge in [0.25, 0.3) is 5.91 Å². The highest BCUT2D eigenvalue weighted by Crippen LogP contribution is 2.38. The highest BCUT2D eigenvalue weighted by Gasteiger charge is 2.40. The molecule has 1 saturated carbocycles. The minimum absolute atomic E-state index is 0.107. The molecule has 1 amide bonds. The molecule has 2 bridgehead atoms. The maximum Gasteiger partial charge on any atom is 0.254 e. The maximum atomic E-state index is 12.7. The lowest BCUT2D eigenvalue weighted by atomic mass is 9.90. The zero-order valence-corrected chi connectivity index (χ0v) is 13.1. The van der Waals surface area contributed by atoms with Gasteiger partial charge >= 0.3 is 0 Å². The average Bonchev–Trinajstić information content (AvgIpc) is 2.98. The Morgan fingerprint density at radius 3 is 2.65 bits per heavy atom. The third-order valence-corrected chi connectivity index (χ3v) is 4.67. The Hall–Kier alpha value is -1.09. The van der Waals surface area contributed by atoms with Crippen LogP contribution in [-0.2, 0) is 5.41 Å². The number of piperidine rings is 1. The molecule has 2 atom stereocenters. The molecule has 2 unspecified atom stereocenters. The molecule has 2 heterocycles. The third kappa shape index (κ3) is 2.44. The number of nitrogens with zero attached hydrogens (tertiary/aromatic N) is 2. The monoisotopic (exact) mass is 292 g/mol. The summed E-state index contributed by atoms with van der Waals surface area (Å²) in [6.07, 6.45) is 3.61. The van der Waals surface area contributed by atoms with Crippen LogP contribution >= 0.6 is 11.6 Å². The minimum Gasteiger partial charge on any atom is -0.335 e. The third-order valence-electron chi connectivity index (χ3n) is 4.48. The largest absolute Gasteiger partial charge is 0.335 e. The smallest absolute Gasteiger partial charge is 0.254 e. The lowest BCUT2D eigenvalue weighted by molar-refractivity contribution is 0.0703. The van der Waals surface area contributed by atoms with Gasteiger partial charge in [-0.15, -0.1) is 0 Å². The summed E-state index contributed by atoms with van der Waals surface area (Å²) >= 11 is 6.10. The summed E-state index contributed by atoms with van der Waals surface area (Å²) in [7, 11) is 0. The first-order valence-electron chi connectivity index (χ1n) is 7.33. The number of rotatable bonds is 1. The van der Waals surface area contributed by atoms with Crippen LogP contribution < -0.4 is 0 Å². The first-order valence-corrected chi connectivity index (χ1v) is 7.71. The fourth-order valence-electron chi connectivity index (χ4n) is 3.34. The van der Waals surface area contributed by atoms with Crippen LogP contribution in [-0.4, -0.2) is 28.4 Å². The molecular weight excluding hydrogens is 272 g/mol. The molecule has 1 aliphatic carbocycles. The molecule has 1 saturated heterocycles. The van der Waals surface area contributed by atoms with Crippen molar-refractivity contribution in [2.24, 2.45) is 5.92 Å². The van der Waals surface area contributed by atoms with Gasteiger partial charge in [-0.05, 0) is 37.3 Å². The summed E-state index contributed by atoms with van der Waals surface area (Å²) in [4.78, 5) is 19.1. The number of carbonyl (C=O) groups is 1. The maximum absolute atomic E-state index is 12.7. The molecule has 3 nitrogen and oxygen atoms in total. The van der Waals surface area contributed by atoms with E-state index in [1.807, 2.05) is 11.0 Å². The van der Waals surface area contributed by atoms with Crippen molar-refractivity contribution >= 4 is 17.5 Å². The van der Waals surface area contributed by atoms with Crippen molar-refractivity contribution in [3.8, 4) is 0 Å². The van der Waals surface area contributed by atoms with Crippen LogP contribution in [0.1, 0.15) is 56.1 Å². The molecule has 3 rings (SSSR count). The van der Waals surface area contributed by atoms with Crippen LogP contribution in [0, 0.1) is 5.92 Å². The molecule has 0 spiro atoms. The van der Waals surface area contributed by atoms with Gasteiger partial charge in [0, 0.05) is 29.3 Å². The number of amides is 1. The van der Waals surface area contributed by atoms with Crippen LogP contribution in [0.3, 0.4) is 0 Å². The van der Waals surface area contributed by atoms with Crippen molar-refractivity contribution < 1.29 is 4.79 Å². The standard InChI is InChI=1S/C16H21ClN2O/c1-16(2,3)13-7-11(8-14(17)18-13)15(20)19-9-10-4-5-12(19)6-10/h7-8,10,12H,4-6,9H2,1-3H3. The van der Waals surface area contributed by atoms with E-state index < -0.39 is 0 Å². The Morgan fingerprint density at radius 1 is 1.35 bits per heavy atom. The van der Waals surface area contributed by atoms with Crippen molar-refractivity contribution in [3.05, 3.63) is 28.5 Å². The normalized spacial score (nSPS) is 25.3. The number of halogens is 1. The molecule has 0 radical (unpaired) electrons. The van der Waals surface area contributed by atoms with Gasteiger partial charge in [0.05, 0.1) is 0 Å². The summed E-state index contributed by atoms with van der Waals surface area (Å²) < 4.78 is 0. The zero-order valence-electron chi connectivity index (χ0n) is 12.3. The molecule has 20 heavy (non-hydrogen) atoms. The molecule has 2 fully saturated rings. The van der Waals surface area contributed by atoms with Gasteiger partial charge in [0.2, 0.25) is 0 Å². The molecule has 1 aromatic rings. The molecule has 1 aromatic heterocycles. The van der Waals surface area contributed by atoms with Gasteiger partial charge in [0.15, 0.2) is 0 Å². The molecule has 0 N–H and O–H groups in total. The number of aromatic nitrogens is 1. The van der Waals surface area contributed by atoms with Gasteiger partial charge in [-0.3, -0.25) is 4.79 Å². The van der Waals surface area contributed by atoms with E-state index in [1.165, 1.54) is 12.8 Å². The van der Waals surface area contributed by atoms with E-state index >= 15 is 0 Å². The fraction of sp³-hybridized carbons (Fsp3) is 0.625. The zero-order chi connectivity index (χ0) is 14.5. The van der Waals surface area contributed by atoms with Gasteiger partial charge in [0.1, 0.15) is 5.15 Å². The highest BCUT2D eigenvalue weighted by atomic mass is 35.5. The Bertz CT molecular complexity index is 550. The minimum atomic E-state index is -0.107. The molecule has 0 aromatic carbocycles. The van der Waals surface area contributed by atoms with Gasteiger partial charge in [-0.2, -0.15) is 0 Å². The summed E-state index contributed by atoms with van der Waals surface area (Å²) in [5.41, 5.74) is 1.45. The Morgan fingerprint density at radius 2 is 2.10 bits per heavy atom. The van der Waals surface area contributed by atoms with Gasteiger partial charge < -0.3 is 4.90 Å². The quantitative estimate of drug-likeness (QED) is 0.740. The van der Waals surface area contributed by atoms with Crippen LogP contribution in [0.25, 0.3) is 0 Å². The predicted octanol–water partition coefficient (Wildman–Crippen LogP) is 3.66. The van der Waals surface area contributed by atoms with E-state index in [4.69, 9.17) is 11.6 Å². The Labute approximate surface area is 125 Å². The van der Waals surface area contributed by atoms with Crippen molar-refractivity contribution in [1.82, 2.24) is 9.88 Å². The summed E-state index contributed by atoms with van der Waals surface area (Å²) in [5.74, 6) is 0.829. The Balaban J connectivity index is 1.90. The number of pyridine rings is 1. The molecule has 2 aliphatic rings. The van der Waals surface area contributed by atoms with Crippen molar-refractivity contribution in [2.75, 3.05) is 6.54 Å². The summed E-state index contributed by atoms with van der Waals surface area (Å²) in [5, 5.41) is 0.408. The lowest BCUT2D eigenvalue weighted by Gasteiger charge is -2.27. The van der Waals surface area contributed by atoms with E-state index in [-0.39, 0.29) is 11.3 Å².